The van der Waals surface area contributed by atoms with E-state index in [9.17, 15) is 4.79 Å². The molecule has 1 unspecified atom stereocenters. The highest BCUT2D eigenvalue weighted by Gasteiger charge is 2.29. The Kier molecular flexibility index (Phi) is 8.15. The number of rotatable bonds is 8. The van der Waals surface area contributed by atoms with Gasteiger partial charge in [0.05, 0.1) is 36.8 Å². The average molecular weight is 540 g/mol. The molecule has 3 heterocycles. The number of carbonyl (C=O) groups excluding carboxylic acids is 1. The summed E-state index contributed by atoms with van der Waals surface area (Å²) in [5.74, 6) is 4.18. The number of nitrogens with zero attached hydrogens (tertiary/aromatic N) is 5. The van der Waals surface area contributed by atoms with Gasteiger partial charge >= 0.3 is 0 Å². The predicted octanol–water partition coefficient (Wildman–Crippen LogP) is 3.97. The number of likely N-dealkylation sites (N-methyl/N-ethyl adjacent to an activating group) is 1. The molecule has 3 aromatic rings. The highest BCUT2D eigenvalue weighted by atomic mass is 16.7. The maximum atomic E-state index is 12.3. The maximum Gasteiger partial charge on any atom is 0.247 e. The van der Waals surface area contributed by atoms with Crippen LogP contribution in [0.2, 0.25) is 0 Å². The van der Waals surface area contributed by atoms with Crippen LogP contribution in [-0.2, 0) is 9.63 Å². The molecule has 1 aromatic heterocycles. The van der Waals surface area contributed by atoms with Gasteiger partial charge in [-0.2, -0.15) is 0 Å². The van der Waals surface area contributed by atoms with Crippen LogP contribution in [0.15, 0.2) is 61.4 Å². The molecular formula is C30H33N7O3. The van der Waals surface area contributed by atoms with Crippen LogP contribution >= 0.6 is 0 Å². The highest BCUT2D eigenvalue weighted by Crippen LogP contribution is 2.40. The molecule has 206 valence electrons. The fraction of sp³-hybridized carbons (Fsp3) is 0.300. The number of anilines is 5. The van der Waals surface area contributed by atoms with Crippen LogP contribution in [0.5, 0.6) is 5.75 Å². The second-order valence-electron chi connectivity index (χ2n) is 9.67. The van der Waals surface area contributed by atoms with Crippen LogP contribution in [-0.4, -0.2) is 67.7 Å². The van der Waals surface area contributed by atoms with Crippen molar-refractivity contribution in [2.45, 2.75) is 12.5 Å². The first kappa shape index (κ1) is 27.0. The molecule has 2 fully saturated rings. The Morgan fingerprint density at radius 2 is 2.00 bits per heavy atom. The molecule has 0 spiro atoms. The second kappa shape index (κ2) is 12.1. The van der Waals surface area contributed by atoms with Crippen LogP contribution in [0, 0.1) is 12.3 Å². The number of ether oxygens (including phenoxy) is 1. The van der Waals surface area contributed by atoms with Crippen LogP contribution in [0.3, 0.4) is 0 Å². The van der Waals surface area contributed by atoms with E-state index in [0.29, 0.717) is 35.4 Å². The quantitative estimate of drug-likeness (QED) is 0.326. The number of methoxy groups -OCH3 is 1. The summed E-state index contributed by atoms with van der Waals surface area (Å²) in [4.78, 5) is 31.7. The van der Waals surface area contributed by atoms with Gasteiger partial charge in [0.15, 0.2) is 5.82 Å². The number of hydrogen-bond donors (Lipinski definition) is 2. The van der Waals surface area contributed by atoms with Crippen molar-refractivity contribution in [3.8, 4) is 18.1 Å². The second-order valence-corrected chi connectivity index (χ2v) is 9.67. The van der Waals surface area contributed by atoms with E-state index >= 15 is 0 Å². The number of nitrogens with one attached hydrogen (secondary N) is 2. The number of hydrogen-bond acceptors (Lipinski definition) is 9. The van der Waals surface area contributed by atoms with Crippen molar-refractivity contribution < 1.29 is 14.4 Å². The Balaban J connectivity index is 1.44. The zero-order valence-electron chi connectivity index (χ0n) is 22.8. The van der Waals surface area contributed by atoms with E-state index in [0.717, 1.165) is 49.4 Å². The first-order valence-electron chi connectivity index (χ1n) is 13.2. The van der Waals surface area contributed by atoms with Crippen LogP contribution < -0.4 is 25.3 Å². The molecule has 0 saturated carbocycles. The molecular weight excluding hydrogens is 506 g/mol. The van der Waals surface area contributed by atoms with Gasteiger partial charge in [-0.3, -0.25) is 9.63 Å². The molecule has 10 heteroatoms. The minimum absolute atomic E-state index is 0.0332. The maximum absolute atomic E-state index is 12.3. The molecule has 1 amide bonds. The van der Waals surface area contributed by atoms with Crippen molar-refractivity contribution in [3.05, 3.63) is 72.6 Å². The van der Waals surface area contributed by atoms with E-state index in [1.165, 1.54) is 12.4 Å². The van der Waals surface area contributed by atoms with E-state index in [1.807, 2.05) is 42.5 Å². The Morgan fingerprint density at radius 3 is 2.75 bits per heavy atom. The lowest BCUT2D eigenvalue weighted by Crippen LogP contribution is -2.44. The molecule has 10 nitrogen and oxygen atoms in total. The van der Waals surface area contributed by atoms with Gasteiger partial charge in [0, 0.05) is 50.3 Å². The number of amides is 1. The van der Waals surface area contributed by atoms with Gasteiger partial charge in [-0.25, -0.2) is 15.0 Å². The Hall–Kier alpha value is -4.59. The van der Waals surface area contributed by atoms with E-state index in [2.05, 4.69) is 49.9 Å². The van der Waals surface area contributed by atoms with E-state index in [-0.39, 0.29) is 11.9 Å². The summed E-state index contributed by atoms with van der Waals surface area (Å²) < 4.78 is 5.76. The van der Waals surface area contributed by atoms with Gasteiger partial charge in [0.1, 0.15) is 17.9 Å². The summed E-state index contributed by atoms with van der Waals surface area (Å²) >= 11 is 0. The van der Waals surface area contributed by atoms with Gasteiger partial charge < -0.3 is 25.2 Å². The molecule has 1 atom stereocenters. The molecule has 2 aliphatic heterocycles. The summed E-state index contributed by atoms with van der Waals surface area (Å²) in [5, 5.41) is 8.09. The minimum Gasteiger partial charge on any atom is -0.494 e. The summed E-state index contributed by atoms with van der Waals surface area (Å²) in [5.41, 5.74) is 4.07. The first-order chi connectivity index (χ1) is 19.5. The number of benzene rings is 2. The summed E-state index contributed by atoms with van der Waals surface area (Å²) in [6.45, 7) is 7.68. The predicted molar refractivity (Wildman–Crippen MR) is 157 cm³/mol. The van der Waals surface area contributed by atoms with Gasteiger partial charge in [-0.15, -0.1) is 6.42 Å². The summed E-state index contributed by atoms with van der Waals surface area (Å²) in [6.07, 6.45) is 9.16. The lowest BCUT2D eigenvalue weighted by atomic mass is 10.0. The van der Waals surface area contributed by atoms with E-state index in [1.54, 1.807) is 12.2 Å². The van der Waals surface area contributed by atoms with Crippen molar-refractivity contribution in [2.24, 2.45) is 0 Å². The number of hydroxylamine groups is 1. The van der Waals surface area contributed by atoms with Gasteiger partial charge in [0.2, 0.25) is 5.91 Å². The lowest BCUT2D eigenvalue weighted by molar-refractivity contribution is -0.111. The van der Waals surface area contributed by atoms with Crippen molar-refractivity contribution in [1.82, 2.24) is 14.9 Å². The largest absolute Gasteiger partial charge is 0.494 e. The van der Waals surface area contributed by atoms with Crippen molar-refractivity contribution in [2.75, 3.05) is 67.5 Å². The molecule has 0 bridgehead atoms. The molecule has 0 radical (unpaired) electrons. The normalized spacial score (nSPS) is 17.3. The zero-order valence-corrected chi connectivity index (χ0v) is 22.8. The number of carbonyl (C=O) groups is 1. The third-order valence-corrected chi connectivity index (χ3v) is 7.09. The monoisotopic (exact) mass is 539 g/mol. The van der Waals surface area contributed by atoms with Crippen molar-refractivity contribution in [3.63, 3.8) is 0 Å². The summed E-state index contributed by atoms with van der Waals surface area (Å²) in [7, 11) is 3.72. The van der Waals surface area contributed by atoms with Gasteiger partial charge in [0.25, 0.3) is 0 Å². The molecule has 5 rings (SSSR count). The molecule has 40 heavy (non-hydrogen) atoms. The Morgan fingerprint density at radius 1 is 1.18 bits per heavy atom. The summed E-state index contributed by atoms with van der Waals surface area (Å²) in [6, 6.07) is 13.5. The Labute approximate surface area is 234 Å². The third-order valence-electron chi connectivity index (χ3n) is 7.09. The first-order valence-corrected chi connectivity index (χ1v) is 13.2. The van der Waals surface area contributed by atoms with Crippen molar-refractivity contribution in [1.29, 1.82) is 0 Å². The standard InChI is InChI=1S/C30H33N7O3/c1-5-21-8-7-9-22(16-21)25-10-15-40-37(25)29-19-28(31-20-32-29)33-24-17-23(34-30(38)6-2)26(18-27(24)39-4)36-13-11-35(3)12-14-36/h1,6-9,16-20,25H,2,10-15H2,3-4H3,(H,34,38)(H,31,32,33). The molecule has 2 saturated heterocycles. The Bertz CT molecular complexity index is 1430. The highest BCUT2D eigenvalue weighted by molar-refractivity contribution is 6.02. The third kappa shape index (κ3) is 5.86. The van der Waals surface area contributed by atoms with Crippen LogP contribution in [0.25, 0.3) is 0 Å². The number of terminal acetylenes is 1. The molecule has 2 N–H and O–H groups in total. The fourth-order valence-electron chi connectivity index (χ4n) is 4.94. The minimum atomic E-state index is -0.290. The van der Waals surface area contributed by atoms with Gasteiger partial charge in [-0.1, -0.05) is 24.6 Å². The molecule has 0 aliphatic carbocycles. The van der Waals surface area contributed by atoms with E-state index in [4.69, 9.17) is 16.0 Å². The molecule has 2 aliphatic rings. The SMILES string of the molecule is C#Cc1cccc(C2CCON2c2cc(Nc3cc(NC(=O)C=C)c(N4CCN(C)CC4)cc3OC)ncn2)c1. The fourth-order valence-corrected chi connectivity index (χ4v) is 4.94. The smallest absolute Gasteiger partial charge is 0.247 e. The molecule has 2 aromatic carbocycles. The number of piperazine rings is 1. The van der Waals surface area contributed by atoms with Gasteiger partial charge in [-0.05, 0) is 36.9 Å². The van der Waals surface area contributed by atoms with Crippen molar-refractivity contribution >= 4 is 34.6 Å². The van der Waals surface area contributed by atoms with E-state index < -0.39 is 0 Å². The van der Waals surface area contributed by atoms with Crippen LogP contribution in [0.4, 0.5) is 28.7 Å². The average Bonchev–Trinajstić information content (AvgIpc) is 3.48. The lowest BCUT2D eigenvalue weighted by Gasteiger charge is -2.35. The topological polar surface area (TPSA) is 95.1 Å². The van der Waals surface area contributed by atoms with Crippen LogP contribution in [0.1, 0.15) is 23.6 Å². The number of aromatic nitrogens is 2. The zero-order chi connectivity index (χ0) is 28.1.